The van der Waals surface area contributed by atoms with Gasteiger partial charge in [-0.05, 0) is 22.8 Å². The van der Waals surface area contributed by atoms with E-state index in [1.165, 1.54) is 5.56 Å². The van der Waals surface area contributed by atoms with Crippen molar-refractivity contribution < 1.29 is 0 Å². The Hall–Kier alpha value is -2.41. The van der Waals surface area contributed by atoms with Crippen molar-refractivity contribution >= 4 is 0 Å². The summed E-state index contributed by atoms with van der Waals surface area (Å²) in [7, 11) is 0. The van der Waals surface area contributed by atoms with Gasteiger partial charge in [0.05, 0.1) is 6.20 Å². The first-order valence-electron chi connectivity index (χ1n) is 5.93. The molecule has 85 valence electrons. The number of nitrogens with zero attached hydrogens (tertiary/aromatic N) is 1. The van der Waals surface area contributed by atoms with E-state index in [9.17, 15) is 0 Å². The van der Waals surface area contributed by atoms with E-state index in [-0.39, 0.29) is 0 Å². The van der Waals surface area contributed by atoms with E-state index in [0.29, 0.717) is 0 Å². The van der Waals surface area contributed by atoms with Crippen LogP contribution < -0.4 is 0 Å². The van der Waals surface area contributed by atoms with Gasteiger partial charge in [0.25, 0.3) is 0 Å². The van der Waals surface area contributed by atoms with Gasteiger partial charge in [0, 0.05) is 11.8 Å². The maximum Gasteiger partial charge on any atom is 0.0977 e. The van der Waals surface area contributed by atoms with Gasteiger partial charge >= 0.3 is 0 Å². The second kappa shape index (κ2) is 4.84. The molecule has 0 N–H and O–H groups in total. The van der Waals surface area contributed by atoms with Crippen LogP contribution in [0.4, 0.5) is 0 Å². The van der Waals surface area contributed by atoms with Gasteiger partial charge in [0.2, 0.25) is 0 Å². The molecule has 0 unspecified atom stereocenters. The van der Waals surface area contributed by atoms with Gasteiger partial charge in [0.15, 0.2) is 0 Å². The molecule has 0 aliphatic heterocycles. The van der Waals surface area contributed by atoms with E-state index in [2.05, 4.69) is 35.4 Å². The van der Waals surface area contributed by atoms with E-state index in [4.69, 9.17) is 0 Å². The molecule has 0 aliphatic carbocycles. The molecule has 18 heavy (non-hydrogen) atoms. The normalized spacial score (nSPS) is 10.2. The topological polar surface area (TPSA) is 12.9 Å². The van der Waals surface area contributed by atoms with Gasteiger partial charge in [-0.25, -0.2) is 0 Å². The fraction of sp³-hybridized carbons (Fsp3) is 0. The molecule has 0 atom stereocenters. The third kappa shape index (κ3) is 2.03. The summed E-state index contributed by atoms with van der Waals surface area (Å²) in [5.74, 6) is 0. The highest BCUT2D eigenvalue weighted by Gasteiger charge is 2.06. The summed E-state index contributed by atoms with van der Waals surface area (Å²) in [6.07, 6.45) is 4.89. The van der Waals surface area contributed by atoms with Gasteiger partial charge in [-0.3, -0.25) is 4.98 Å². The van der Waals surface area contributed by atoms with Crippen LogP contribution in [0.2, 0.25) is 0 Å². The molecule has 3 aromatic rings. The Kier molecular flexibility index (Phi) is 2.89. The van der Waals surface area contributed by atoms with Crippen LogP contribution in [-0.4, -0.2) is 4.98 Å². The number of hydrogen-bond acceptors (Lipinski definition) is 1. The van der Waals surface area contributed by atoms with Gasteiger partial charge in [0.1, 0.15) is 0 Å². The average molecular weight is 230 g/mol. The minimum absolute atomic E-state index is 1.05. The van der Waals surface area contributed by atoms with Crippen LogP contribution in [0.5, 0.6) is 0 Å². The fourth-order valence-electron chi connectivity index (χ4n) is 2.04. The predicted molar refractivity (Wildman–Crippen MR) is 73.9 cm³/mol. The second-order valence-electron chi connectivity index (χ2n) is 4.08. The molecule has 1 heterocycles. The van der Waals surface area contributed by atoms with Crippen molar-refractivity contribution in [2.75, 3.05) is 0 Å². The minimum atomic E-state index is 1.05. The molecule has 0 saturated heterocycles. The lowest BCUT2D eigenvalue weighted by molar-refractivity contribution is 1.31. The Morgan fingerprint density at radius 2 is 1.28 bits per heavy atom. The maximum absolute atomic E-state index is 4.12. The Balaban J connectivity index is 2.18. The molecule has 0 aliphatic rings. The largest absolute Gasteiger partial charge is 0.254 e. The molecule has 1 heteroatoms. The molecular weight excluding hydrogens is 218 g/mol. The highest BCUT2D eigenvalue weighted by molar-refractivity contribution is 5.82. The number of hydrogen-bond donors (Lipinski definition) is 0. The number of benzene rings is 2. The minimum Gasteiger partial charge on any atom is -0.254 e. The molecular formula is C17H12N. The van der Waals surface area contributed by atoms with Crippen molar-refractivity contribution in [1.29, 1.82) is 0 Å². The van der Waals surface area contributed by atoms with Gasteiger partial charge in [-0.15, -0.1) is 0 Å². The Labute approximate surface area is 107 Å². The lowest BCUT2D eigenvalue weighted by Gasteiger charge is -2.08. The Morgan fingerprint density at radius 3 is 1.94 bits per heavy atom. The molecule has 1 nitrogen and oxygen atoms in total. The summed E-state index contributed by atoms with van der Waals surface area (Å²) in [5, 5.41) is 0. The van der Waals surface area contributed by atoms with Crippen LogP contribution in [-0.2, 0) is 0 Å². The molecule has 3 rings (SSSR count). The number of rotatable bonds is 2. The van der Waals surface area contributed by atoms with Crippen LogP contribution in [0.1, 0.15) is 0 Å². The lowest BCUT2D eigenvalue weighted by Crippen LogP contribution is -1.86. The summed E-state index contributed by atoms with van der Waals surface area (Å²) in [6.45, 7) is 0. The fourth-order valence-corrected chi connectivity index (χ4v) is 2.04. The number of pyridine rings is 1. The standard InChI is InChI=1S/C17H12N/c1-3-7-14(8-4-1)16-11-12-18-13-17(16)15-9-5-2-6-10-15/h1-12H. The van der Waals surface area contributed by atoms with Crippen LogP contribution in [0.3, 0.4) is 0 Å². The summed E-state index contributed by atoms with van der Waals surface area (Å²) in [6, 6.07) is 22.6. The second-order valence-corrected chi connectivity index (χ2v) is 4.08. The van der Waals surface area contributed by atoms with E-state index < -0.39 is 0 Å². The van der Waals surface area contributed by atoms with Crippen LogP contribution in [0.15, 0.2) is 72.9 Å². The molecule has 1 aromatic heterocycles. The van der Waals surface area contributed by atoms with Gasteiger partial charge in [-0.2, -0.15) is 0 Å². The SMILES string of the molecule is [c]1nccc(-c2ccccc2)c1-c1ccccc1. The van der Waals surface area contributed by atoms with Crippen molar-refractivity contribution in [2.24, 2.45) is 0 Å². The van der Waals surface area contributed by atoms with E-state index in [1.54, 1.807) is 6.20 Å². The zero-order chi connectivity index (χ0) is 12.2. The highest BCUT2D eigenvalue weighted by atomic mass is 14.6. The van der Waals surface area contributed by atoms with E-state index in [0.717, 1.165) is 16.7 Å². The molecule has 2 aromatic carbocycles. The zero-order valence-electron chi connectivity index (χ0n) is 9.88. The van der Waals surface area contributed by atoms with Crippen molar-refractivity contribution in [1.82, 2.24) is 4.98 Å². The number of aromatic nitrogens is 1. The van der Waals surface area contributed by atoms with Crippen LogP contribution in [0, 0.1) is 6.20 Å². The quantitative estimate of drug-likeness (QED) is 0.642. The average Bonchev–Trinajstić information content (AvgIpc) is 2.49. The molecule has 0 saturated carbocycles. The highest BCUT2D eigenvalue weighted by Crippen LogP contribution is 2.30. The zero-order valence-corrected chi connectivity index (χ0v) is 9.88. The maximum atomic E-state index is 4.12. The summed E-state index contributed by atoms with van der Waals surface area (Å²) < 4.78 is 0. The lowest BCUT2D eigenvalue weighted by atomic mass is 9.97. The Morgan fingerprint density at radius 1 is 0.667 bits per heavy atom. The molecule has 0 amide bonds. The Bertz CT molecular complexity index is 572. The molecule has 0 spiro atoms. The summed E-state index contributed by atoms with van der Waals surface area (Å²) >= 11 is 0. The molecule has 1 radical (unpaired) electrons. The first-order valence-corrected chi connectivity index (χ1v) is 5.93. The van der Waals surface area contributed by atoms with Gasteiger partial charge < -0.3 is 0 Å². The van der Waals surface area contributed by atoms with Crippen molar-refractivity contribution in [3.8, 4) is 22.3 Å². The molecule has 0 bridgehead atoms. The van der Waals surface area contributed by atoms with Gasteiger partial charge in [-0.1, -0.05) is 60.7 Å². The van der Waals surface area contributed by atoms with E-state index >= 15 is 0 Å². The van der Waals surface area contributed by atoms with Crippen LogP contribution >= 0.6 is 0 Å². The first kappa shape index (κ1) is 10.7. The van der Waals surface area contributed by atoms with E-state index in [1.807, 2.05) is 42.5 Å². The first-order chi connectivity index (χ1) is 8.95. The summed E-state index contributed by atoms with van der Waals surface area (Å²) in [5.41, 5.74) is 4.54. The van der Waals surface area contributed by atoms with Crippen molar-refractivity contribution in [3.05, 3.63) is 79.1 Å². The predicted octanol–water partition coefficient (Wildman–Crippen LogP) is 4.22. The third-order valence-electron chi connectivity index (χ3n) is 2.91. The monoisotopic (exact) mass is 230 g/mol. The molecule has 0 fully saturated rings. The third-order valence-corrected chi connectivity index (χ3v) is 2.91. The van der Waals surface area contributed by atoms with Crippen molar-refractivity contribution in [3.63, 3.8) is 0 Å². The van der Waals surface area contributed by atoms with Crippen molar-refractivity contribution in [2.45, 2.75) is 0 Å². The van der Waals surface area contributed by atoms with Crippen LogP contribution in [0.25, 0.3) is 22.3 Å². The summed E-state index contributed by atoms with van der Waals surface area (Å²) in [4.78, 5) is 4.12. The smallest absolute Gasteiger partial charge is 0.0977 e.